The Labute approximate surface area is 124 Å². The van der Waals surface area contributed by atoms with Crippen LogP contribution in [0.15, 0.2) is 24.3 Å². The van der Waals surface area contributed by atoms with Crippen molar-refractivity contribution in [2.24, 2.45) is 0 Å². The summed E-state index contributed by atoms with van der Waals surface area (Å²) in [5, 5.41) is 12.1. The zero-order valence-corrected chi connectivity index (χ0v) is 12.6. The largest absolute Gasteiger partial charge is 0.479 e. The molecule has 0 aliphatic carbocycles. The van der Waals surface area contributed by atoms with Crippen LogP contribution in [0.5, 0.6) is 0 Å². The number of carbonyl (C=O) groups excluding carboxylic acids is 1. The second-order valence-corrected chi connectivity index (χ2v) is 6.44. The van der Waals surface area contributed by atoms with E-state index in [9.17, 15) is 14.7 Å². The molecule has 1 atom stereocenters. The number of hydrogen-bond acceptors (Lipinski definition) is 3. The average Bonchev–Trinajstić information content (AvgIpc) is 2.87. The molecule has 2 rings (SSSR count). The highest BCUT2D eigenvalue weighted by Crippen LogP contribution is 2.27. The molecule has 114 valence electrons. The van der Waals surface area contributed by atoms with Gasteiger partial charge in [0.1, 0.15) is 0 Å². The van der Waals surface area contributed by atoms with E-state index in [0.29, 0.717) is 12.2 Å². The van der Waals surface area contributed by atoms with Gasteiger partial charge in [-0.05, 0) is 17.0 Å². The lowest BCUT2D eigenvalue weighted by molar-refractivity contribution is -0.144. The zero-order valence-electron chi connectivity index (χ0n) is 12.6. The van der Waals surface area contributed by atoms with Crippen LogP contribution in [-0.4, -0.2) is 35.7 Å². The van der Waals surface area contributed by atoms with Gasteiger partial charge in [0.2, 0.25) is 0 Å². The standard InChI is InChI=1S/C16H21NO4/c1-15(2,3)12-7-5-4-6-11(12)13(18)17-16(14(19)20)8-9-21-10-16/h4-7H,8-10H2,1-3H3,(H,17,18)(H,19,20). The summed E-state index contributed by atoms with van der Waals surface area (Å²) in [6.45, 7) is 6.40. The molecule has 1 aliphatic rings. The van der Waals surface area contributed by atoms with E-state index >= 15 is 0 Å². The first kappa shape index (κ1) is 15.5. The van der Waals surface area contributed by atoms with Gasteiger partial charge in [0, 0.05) is 18.6 Å². The van der Waals surface area contributed by atoms with Crippen molar-refractivity contribution in [1.29, 1.82) is 0 Å². The highest BCUT2D eigenvalue weighted by Gasteiger charge is 2.44. The smallest absolute Gasteiger partial charge is 0.331 e. The summed E-state index contributed by atoms with van der Waals surface area (Å²) >= 11 is 0. The Bertz CT molecular complexity index is 554. The van der Waals surface area contributed by atoms with E-state index in [-0.39, 0.29) is 24.3 Å². The lowest BCUT2D eigenvalue weighted by atomic mass is 9.83. The molecule has 1 saturated heterocycles. The molecule has 5 nitrogen and oxygen atoms in total. The van der Waals surface area contributed by atoms with E-state index in [1.165, 1.54) is 0 Å². The van der Waals surface area contributed by atoms with Gasteiger partial charge in [-0.2, -0.15) is 0 Å². The molecule has 1 aliphatic heterocycles. The molecule has 1 aromatic rings. The number of hydrogen-bond donors (Lipinski definition) is 2. The number of benzene rings is 1. The second kappa shape index (κ2) is 5.48. The fraction of sp³-hybridized carbons (Fsp3) is 0.500. The van der Waals surface area contributed by atoms with Crippen molar-refractivity contribution in [2.75, 3.05) is 13.2 Å². The van der Waals surface area contributed by atoms with Crippen LogP contribution in [0.2, 0.25) is 0 Å². The third-order valence-corrected chi connectivity index (χ3v) is 3.76. The van der Waals surface area contributed by atoms with E-state index in [0.717, 1.165) is 5.56 Å². The van der Waals surface area contributed by atoms with Crippen molar-refractivity contribution in [3.8, 4) is 0 Å². The maximum atomic E-state index is 12.5. The van der Waals surface area contributed by atoms with Crippen LogP contribution < -0.4 is 5.32 Å². The first-order valence-corrected chi connectivity index (χ1v) is 6.99. The predicted molar refractivity (Wildman–Crippen MR) is 78.4 cm³/mol. The molecule has 0 bridgehead atoms. The first-order chi connectivity index (χ1) is 9.76. The van der Waals surface area contributed by atoms with Crippen molar-refractivity contribution in [1.82, 2.24) is 5.32 Å². The van der Waals surface area contributed by atoms with Gasteiger partial charge in [0.25, 0.3) is 5.91 Å². The lowest BCUT2D eigenvalue weighted by Crippen LogP contribution is -2.55. The molecule has 0 aromatic heterocycles. The number of amides is 1. The van der Waals surface area contributed by atoms with Crippen LogP contribution in [0.4, 0.5) is 0 Å². The van der Waals surface area contributed by atoms with Gasteiger partial charge < -0.3 is 15.2 Å². The molecule has 21 heavy (non-hydrogen) atoms. The summed E-state index contributed by atoms with van der Waals surface area (Å²) in [6, 6.07) is 7.28. The Morgan fingerprint density at radius 1 is 1.29 bits per heavy atom. The molecule has 0 radical (unpaired) electrons. The van der Waals surface area contributed by atoms with Crippen molar-refractivity contribution in [3.05, 3.63) is 35.4 Å². The maximum Gasteiger partial charge on any atom is 0.331 e. The SMILES string of the molecule is CC(C)(C)c1ccccc1C(=O)NC1(C(=O)O)CCOC1. The Morgan fingerprint density at radius 3 is 2.48 bits per heavy atom. The highest BCUT2D eigenvalue weighted by atomic mass is 16.5. The van der Waals surface area contributed by atoms with Crippen LogP contribution in [0, 0.1) is 0 Å². The van der Waals surface area contributed by atoms with Crippen molar-refractivity contribution >= 4 is 11.9 Å². The van der Waals surface area contributed by atoms with Crippen LogP contribution in [0.1, 0.15) is 43.1 Å². The Balaban J connectivity index is 2.31. The average molecular weight is 291 g/mol. The number of ether oxygens (including phenoxy) is 1. The molecule has 1 heterocycles. The Kier molecular flexibility index (Phi) is 4.05. The molecule has 5 heteroatoms. The first-order valence-electron chi connectivity index (χ1n) is 6.99. The molecular formula is C16H21NO4. The summed E-state index contributed by atoms with van der Waals surface area (Å²) < 4.78 is 5.16. The molecule has 0 saturated carbocycles. The molecule has 1 amide bonds. The minimum Gasteiger partial charge on any atom is -0.479 e. The molecule has 0 spiro atoms. The summed E-state index contributed by atoms with van der Waals surface area (Å²) in [6.07, 6.45) is 0.283. The summed E-state index contributed by atoms with van der Waals surface area (Å²) in [7, 11) is 0. The number of carboxylic acids is 1. The molecule has 1 unspecified atom stereocenters. The van der Waals surface area contributed by atoms with Crippen molar-refractivity contribution in [2.45, 2.75) is 38.1 Å². The van der Waals surface area contributed by atoms with E-state index < -0.39 is 11.5 Å². The Hall–Kier alpha value is -1.88. The lowest BCUT2D eigenvalue weighted by Gasteiger charge is -2.27. The normalized spacial score (nSPS) is 22.0. The number of aliphatic carboxylic acids is 1. The summed E-state index contributed by atoms with van der Waals surface area (Å²) in [5.41, 5.74) is -0.113. The van der Waals surface area contributed by atoms with Crippen LogP contribution in [-0.2, 0) is 14.9 Å². The minimum absolute atomic E-state index is 0.00571. The minimum atomic E-state index is -1.32. The van der Waals surface area contributed by atoms with Gasteiger partial charge in [-0.1, -0.05) is 39.0 Å². The van der Waals surface area contributed by atoms with E-state index in [1.54, 1.807) is 12.1 Å². The van der Waals surface area contributed by atoms with Crippen LogP contribution >= 0.6 is 0 Å². The molecular weight excluding hydrogens is 270 g/mol. The van der Waals surface area contributed by atoms with Gasteiger partial charge in [0.15, 0.2) is 5.54 Å². The van der Waals surface area contributed by atoms with E-state index in [2.05, 4.69) is 5.32 Å². The summed E-state index contributed by atoms with van der Waals surface area (Å²) in [5.74, 6) is -1.42. The number of nitrogens with one attached hydrogen (secondary N) is 1. The summed E-state index contributed by atoms with van der Waals surface area (Å²) in [4.78, 5) is 24.0. The second-order valence-electron chi connectivity index (χ2n) is 6.44. The van der Waals surface area contributed by atoms with Crippen molar-refractivity contribution in [3.63, 3.8) is 0 Å². The topological polar surface area (TPSA) is 75.6 Å². The number of carbonyl (C=O) groups is 2. The zero-order chi connectivity index (χ0) is 15.7. The van der Waals surface area contributed by atoms with Gasteiger partial charge in [0.05, 0.1) is 6.61 Å². The monoisotopic (exact) mass is 291 g/mol. The van der Waals surface area contributed by atoms with E-state index in [1.807, 2.05) is 32.9 Å². The molecule has 1 aromatic carbocycles. The third kappa shape index (κ3) is 3.08. The van der Waals surface area contributed by atoms with Crippen molar-refractivity contribution < 1.29 is 19.4 Å². The molecule has 1 fully saturated rings. The van der Waals surface area contributed by atoms with Crippen LogP contribution in [0.25, 0.3) is 0 Å². The fourth-order valence-corrected chi connectivity index (χ4v) is 2.51. The van der Waals surface area contributed by atoms with E-state index in [4.69, 9.17) is 4.74 Å². The quantitative estimate of drug-likeness (QED) is 0.892. The van der Waals surface area contributed by atoms with Gasteiger partial charge in [-0.15, -0.1) is 0 Å². The third-order valence-electron chi connectivity index (χ3n) is 3.76. The van der Waals surface area contributed by atoms with Crippen LogP contribution in [0.3, 0.4) is 0 Å². The van der Waals surface area contributed by atoms with Gasteiger partial charge in [-0.25, -0.2) is 4.79 Å². The number of rotatable bonds is 3. The van der Waals surface area contributed by atoms with Gasteiger partial charge >= 0.3 is 5.97 Å². The highest BCUT2D eigenvalue weighted by molar-refractivity contribution is 5.99. The fourth-order valence-electron chi connectivity index (χ4n) is 2.51. The molecule has 2 N–H and O–H groups in total. The predicted octanol–water partition coefficient (Wildman–Crippen LogP) is 1.96. The Morgan fingerprint density at radius 2 is 1.95 bits per heavy atom. The van der Waals surface area contributed by atoms with Gasteiger partial charge in [-0.3, -0.25) is 4.79 Å². The number of carboxylic acid groups (broad SMARTS) is 1. The maximum absolute atomic E-state index is 12.5.